The van der Waals surface area contributed by atoms with E-state index in [0.29, 0.717) is 37.4 Å². The highest BCUT2D eigenvalue weighted by Gasteiger charge is 2.35. The quantitative estimate of drug-likeness (QED) is 0.722. The van der Waals surface area contributed by atoms with Gasteiger partial charge in [0.15, 0.2) is 5.78 Å². The summed E-state index contributed by atoms with van der Waals surface area (Å²) >= 11 is 0. The van der Waals surface area contributed by atoms with E-state index < -0.39 is 0 Å². The molecule has 1 aromatic carbocycles. The summed E-state index contributed by atoms with van der Waals surface area (Å²) < 4.78 is 10.8. The number of nitrogens with zero attached hydrogens (tertiary/aromatic N) is 1. The zero-order valence-corrected chi connectivity index (χ0v) is 19.4. The maximum absolute atomic E-state index is 13.2. The lowest BCUT2D eigenvalue weighted by Crippen LogP contribution is -2.44. The second-order valence-electron chi connectivity index (χ2n) is 9.57. The molecule has 7 nitrogen and oxygen atoms in total. The molecule has 2 N–H and O–H groups in total. The number of carbonyl (C=O) groups is 2. The molecular formula is C25H33N3O4. The Labute approximate surface area is 189 Å². The number of methoxy groups -OCH3 is 1. The van der Waals surface area contributed by atoms with Crippen LogP contribution < -0.4 is 10.1 Å². The van der Waals surface area contributed by atoms with Crippen molar-refractivity contribution in [1.82, 2.24) is 15.2 Å². The first-order valence-corrected chi connectivity index (χ1v) is 11.3. The van der Waals surface area contributed by atoms with Crippen molar-refractivity contribution in [2.24, 2.45) is 5.41 Å². The van der Waals surface area contributed by atoms with Crippen molar-refractivity contribution < 1.29 is 19.1 Å². The number of H-pyrrole nitrogens is 1. The normalized spacial score (nSPS) is 19.3. The van der Waals surface area contributed by atoms with E-state index in [1.165, 1.54) is 0 Å². The van der Waals surface area contributed by atoms with Crippen molar-refractivity contribution in [3.63, 3.8) is 0 Å². The predicted molar refractivity (Wildman–Crippen MR) is 122 cm³/mol. The Morgan fingerprint density at radius 1 is 1.22 bits per heavy atom. The number of fused-ring (bicyclic) bond motifs is 1. The van der Waals surface area contributed by atoms with Gasteiger partial charge in [0.2, 0.25) is 0 Å². The fourth-order valence-electron chi connectivity index (χ4n) is 4.91. The number of rotatable bonds is 6. The molecular weight excluding hydrogens is 406 g/mol. The highest BCUT2D eigenvalue weighted by Crippen LogP contribution is 2.36. The second kappa shape index (κ2) is 9.08. The fourth-order valence-corrected chi connectivity index (χ4v) is 4.91. The van der Waals surface area contributed by atoms with Gasteiger partial charge in [-0.05, 0) is 42.0 Å². The number of carbonyl (C=O) groups excluding carboxylic acids is 2. The molecule has 1 aromatic heterocycles. The van der Waals surface area contributed by atoms with E-state index in [2.05, 4.69) is 29.0 Å². The van der Waals surface area contributed by atoms with Crippen LogP contribution >= 0.6 is 0 Å². The molecule has 1 aliphatic heterocycles. The number of morpholine rings is 1. The molecule has 2 aromatic rings. The van der Waals surface area contributed by atoms with Gasteiger partial charge in [-0.15, -0.1) is 0 Å². The van der Waals surface area contributed by atoms with Crippen LogP contribution in [0.1, 0.15) is 64.0 Å². The molecule has 7 heteroatoms. The number of ether oxygens (including phenoxy) is 2. The van der Waals surface area contributed by atoms with E-state index in [1.807, 2.05) is 31.2 Å². The Morgan fingerprint density at radius 3 is 2.56 bits per heavy atom. The third kappa shape index (κ3) is 4.59. The third-order valence-electron chi connectivity index (χ3n) is 6.57. The molecule has 1 aliphatic carbocycles. The molecule has 2 aliphatic rings. The van der Waals surface area contributed by atoms with Gasteiger partial charge in [-0.1, -0.05) is 26.0 Å². The molecule has 1 fully saturated rings. The van der Waals surface area contributed by atoms with Gasteiger partial charge in [0, 0.05) is 37.3 Å². The van der Waals surface area contributed by atoms with Crippen LogP contribution in [0.5, 0.6) is 5.75 Å². The number of hydrogen-bond acceptors (Lipinski definition) is 5. The molecule has 0 spiro atoms. The molecule has 32 heavy (non-hydrogen) atoms. The Morgan fingerprint density at radius 2 is 1.91 bits per heavy atom. The van der Waals surface area contributed by atoms with Gasteiger partial charge in [0.05, 0.1) is 26.4 Å². The van der Waals surface area contributed by atoms with Crippen molar-refractivity contribution in [1.29, 1.82) is 0 Å². The number of benzene rings is 1. The number of amides is 1. The highest BCUT2D eigenvalue weighted by atomic mass is 16.5. The summed E-state index contributed by atoms with van der Waals surface area (Å²) in [5.41, 5.74) is 3.86. The van der Waals surface area contributed by atoms with E-state index in [1.54, 1.807) is 7.11 Å². The van der Waals surface area contributed by atoms with Crippen molar-refractivity contribution in [2.45, 2.75) is 39.7 Å². The van der Waals surface area contributed by atoms with Crippen LogP contribution in [-0.2, 0) is 11.2 Å². The maximum atomic E-state index is 13.2. The number of aromatic amines is 1. The minimum absolute atomic E-state index is 0.0271. The van der Waals surface area contributed by atoms with E-state index in [0.717, 1.165) is 42.1 Å². The second-order valence-corrected chi connectivity index (χ2v) is 9.57. The Kier molecular flexibility index (Phi) is 6.40. The van der Waals surface area contributed by atoms with Gasteiger partial charge in [-0.25, -0.2) is 0 Å². The third-order valence-corrected chi connectivity index (χ3v) is 6.57. The molecule has 1 amide bonds. The first-order chi connectivity index (χ1) is 15.3. The lowest BCUT2D eigenvalue weighted by molar-refractivity contribution is 0.0162. The summed E-state index contributed by atoms with van der Waals surface area (Å²) in [7, 11) is 1.65. The van der Waals surface area contributed by atoms with Crippen LogP contribution in [0.15, 0.2) is 24.3 Å². The molecule has 0 radical (unpaired) electrons. The predicted octanol–water partition coefficient (Wildman–Crippen LogP) is 3.29. The Balaban J connectivity index is 1.53. The SMILES string of the molecule is COc1ccc([C@@H](CNC(=O)c2[nH]c3c(c2C)C(=O)CC(C)(C)C3)N2CCOCC2)cc1. The number of Topliss-reactive ketones (excluding diaryl/α,β-unsaturated/α-hetero) is 1. The summed E-state index contributed by atoms with van der Waals surface area (Å²) in [6.45, 7) is 9.49. The van der Waals surface area contributed by atoms with Crippen LogP contribution in [0.4, 0.5) is 0 Å². The van der Waals surface area contributed by atoms with Gasteiger partial charge in [0.1, 0.15) is 11.4 Å². The molecule has 1 saturated heterocycles. The Bertz CT molecular complexity index is 987. The summed E-state index contributed by atoms with van der Waals surface area (Å²) in [5.74, 6) is 0.751. The highest BCUT2D eigenvalue weighted by molar-refractivity contribution is 6.04. The average Bonchev–Trinajstić information content (AvgIpc) is 3.10. The summed E-state index contributed by atoms with van der Waals surface area (Å²) in [5, 5.41) is 3.11. The van der Waals surface area contributed by atoms with Crippen molar-refractivity contribution in [3.8, 4) is 5.75 Å². The minimum atomic E-state index is -0.172. The van der Waals surface area contributed by atoms with Crippen LogP contribution in [0.2, 0.25) is 0 Å². The zero-order chi connectivity index (χ0) is 22.9. The lowest BCUT2D eigenvalue weighted by atomic mass is 9.75. The van der Waals surface area contributed by atoms with Gasteiger partial charge in [-0.3, -0.25) is 14.5 Å². The van der Waals surface area contributed by atoms with Crippen molar-refractivity contribution in [3.05, 3.63) is 52.3 Å². The van der Waals surface area contributed by atoms with E-state index in [9.17, 15) is 9.59 Å². The first kappa shape index (κ1) is 22.6. The Hall–Kier alpha value is -2.64. The van der Waals surface area contributed by atoms with Gasteiger partial charge in [-0.2, -0.15) is 0 Å². The molecule has 4 rings (SSSR count). The summed E-state index contributed by atoms with van der Waals surface area (Å²) in [6.07, 6.45) is 1.28. The van der Waals surface area contributed by atoms with Crippen molar-refractivity contribution >= 4 is 11.7 Å². The maximum Gasteiger partial charge on any atom is 0.268 e. The molecule has 2 heterocycles. The number of hydrogen-bond donors (Lipinski definition) is 2. The van der Waals surface area contributed by atoms with Gasteiger partial charge >= 0.3 is 0 Å². The molecule has 0 saturated carbocycles. The topological polar surface area (TPSA) is 83.7 Å². The summed E-state index contributed by atoms with van der Waals surface area (Å²) in [4.78, 5) is 31.4. The summed E-state index contributed by atoms with van der Waals surface area (Å²) in [6, 6.07) is 8.01. The lowest BCUT2D eigenvalue weighted by Gasteiger charge is -2.35. The van der Waals surface area contributed by atoms with Gasteiger partial charge in [0.25, 0.3) is 5.91 Å². The van der Waals surface area contributed by atoms with E-state index >= 15 is 0 Å². The van der Waals surface area contributed by atoms with Crippen molar-refractivity contribution in [2.75, 3.05) is 40.0 Å². The monoisotopic (exact) mass is 439 g/mol. The largest absolute Gasteiger partial charge is 0.497 e. The van der Waals surface area contributed by atoms with E-state index in [4.69, 9.17) is 9.47 Å². The van der Waals surface area contributed by atoms with Crippen LogP contribution in [0.25, 0.3) is 0 Å². The van der Waals surface area contributed by atoms with Crippen LogP contribution in [-0.4, -0.2) is 61.5 Å². The van der Waals surface area contributed by atoms with Crippen LogP contribution in [0.3, 0.4) is 0 Å². The minimum Gasteiger partial charge on any atom is -0.497 e. The molecule has 172 valence electrons. The van der Waals surface area contributed by atoms with E-state index in [-0.39, 0.29) is 23.1 Å². The van der Waals surface area contributed by atoms with Gasteiger partial charge < -0.3 is 19.8 Å². The smallest absolute Gasteiger partial charge is 0.268 e. The first-order valence-electron chi connectivity index (χ1n) is 11.3. The number of aromatic nitrogens is 1. The standard InChI is InChI=1S/C25H33N3O4/c1-16-22-19(13-25(2,3)14-21(22)29)27-23(16)24(30)26-15-20(28-9-11-32-12-10-28)17-5-7-18(31-4)8-6-17/h5-8,20,27H,9-15H2,1-4H3,(H,26,30)/t20-/m1/s1. The molecule has 1 atom stereocenters. The number of nitrogens with one attached hydrogen (secondary N) is 2. The molecule has 0 bridgehead atoms. The fraction of sp³-hybridized carbons (Fsp3) is 0.520. The molecule has 0 unspecified atom stereocenters. The van der Waals surface area contributed by atoms with Crippen LogP contribution in [0, 0.1) is 12.3 Å². The number of ketones is 1. The average molecular weight is 440 g/mol. The zero-order valence-electron chi connectivity index (χ0n) is 19.4.